The molecule has 3 rings (SSSR count). The number of nitrogens with zero attached hydrogens (tertiary/aromatic N) is 2. The molecule has 2 aromatic rings. The molecular weight excluding hydrogens is 380 g/mol. The number of para-hydroxylation sites is 1. The number of nitro groups is 1. The van der Waals surface area contributed by atoms with Gasteiger partial charge in [-0.15, -0.1) is 0 Å². The lowest BCUT2D eigenvalue weighted by molar-refractivity contribution is -0.385. The van der Waals surface area contributed by atoms with Crippen LogP contribution >= 0.6 is 0 Å². The Morgan fingerprint density at radius 3 is 2.28 bits per heavy atom. The van der Waals surface area contributed by atoms with Crippen molar-refractivity contribution in [3.8, 4) is 0 Å². The van der Waals surface area contributed by atoms with Crippen molar-refractivity contribution in [2.45, 2.75) is 12.5 Å². The van der Waals surface area contributed by atoms with Gasteiger partial charge in [-0.05, 0) is 6.07 Å². The number of benzene rings is 2. The highest BCUT2D eigenvalue weighted by Crippen LogP contribution is 2.42. The summed E-state index contributed by atoms with van der Waals surface area (Å²) >= 11 is 0. The van der Waals surface area contributed by atoms with Gasteiger partial charge in [0.05, 0.1) is 28.5 Å². The number of Topliss-reactive ketones (excluding diaryl/α,β-unsaturated/α-hetero) is 1. The van der Waals surface area contributed by atoms with E-state index in [-0.39, 0.29) is 28.9 Å². The number of carboxylic acid groups (broad SMARTS) is 1. The molecule has 2 aromatic carbocycles. The third-order valence-electron chi connectivity index (χ3n) is 4.58. The number of aliphatic hydroxyl groups excluding tert-OH is 1. The van der Waals surface area contributed by atoms with Crippen LogP contribution in [-0.4, -0.2) is 44.2 Å². The number of ketones is 1. The first-order valence-electron chi connectivity index (χ1n) is 8.62. The van der Waals surface area contributed by atoms with Crippen molar-refractivity contribution in [3.63, 3.8) is 0 Å². The van der Waals surface area contributed by atoms with E-state index in [2.05, 4.69) is 0 Å². The molecule has 1 heterocycles. The van der Waals surface area contributed by atoms with E-state index in [1.807, 2.05) is 0 Å². The van der Waals surface area contributed by atoms with Gasteiger partial charge in [0, 0.05) is 18.2 Å². The number of carbonyl (C=O) groups is 3. The van der Waals surface area contributed by atoms with Gasteiger partial charge in [0.1, 0.15) is 5.76 Å². The van der Waals surface area contributed by atoms with Crippen molar-refractivity contribution >= 4 is 29.1 Å². The summed E-state index contributed by atoms with van der Waals surface area (Å²) in [5.74, 6) is -3.73. The molecular formula is C20H16N2O7. The number of nitro benzene ring substituents is 1. The number of amides is 1. The van der Waals surface area contributed by atoms with Gasteiger partial charge in [-0.2, -0.15) is 0 Å². The van der Waals surface area contributed by atoms with Crippen molar-refractivity contribution in [1.82, 2.24) is 4.90 Å². The van der Waals surface area contributed by atoms with E-state index in [4.69, 9.17) is 5.11 Å². The molecule has 9 heteroatoms. The van der Waals surface area contributed by atoms with Crippen LogP contribution in [0.2, 0.25) is 0 Å². The van der Waals surface area contributed by atoms with Gasteiger partial charge in [-0.25, -0.2) is 0 Å². The summed E-state index contributed by atoms with van der Waals surface area (Å²) in [7, 11) is 0. The summed E-state index contributed by atoms with van der Waals surface area (Å²) < 4.78 is 0. The van der Waals surface area contributed by atoms with Gasteiger partial charge >= 0.3 is 5.97 Å². The van der Waals surface area contributed by atoms with Gasteiger partial charge in [0.2, 0.25) is 0 Å². The van der Waals surface area contributed by atoms with Crippen LogP contribution in [0.25, 0.3) is 5.76 Å². The quantitative estimate of drug-likeness (QED) is 0.251. The Bertz CT molecular complexity index is 1030. The Morgan fingerprint density at radius 2 is 1.66 bits per heavy atom. The molecule has 1 saturated heterocycles. The first-order chi connectivity index (χ1) is 13.8. The number of aliphatic hydroxyl groups is 1. The van der Waals surface area contributed by atoms with Crippen LogP contribution in [0.3, 0.4) is 0 Å². The number of likely N-dealkylation sites (tertiary alicyclic amines) is 1. The average molecular weight is 396 g/mol. The molecule has 9 nitrogen and oxygen atoms in total. The van der Waals surface area contributed by atoms with Crippen LogP contribution in [0.5, 0.6) is 0 Å². The molecule has 0 spiro atoms. The number of hydrogen-bond acceptors (Lipinski definition) is 6. The molecule has 1 aliphatic rings. The molecule has 1 fully saturated rings. The summed E-state index contributed by atoms with van der Waals surface area (Å²) in [5, 5.41) is 31.3. The van der Waals surface area contributed by atoms with Crippen LogP contribution in [0, 0.1) is 10.1 Å². The highest BCUT2D eigenvalue weighted by molar-refractivity contribution is 6.46. The first-order valence-corrected chi connectivity index (χ1v) is 8.62. The summed E-state index contributed by atoms with van der Waals surface area (Å²) in [6, 6.07) is 12.2. The van der Waals surface area contributed by atoms with Gasteiger partial charge in [-0.1, -0.05) is 42.5 Å². The highest BCUT2D eigenvalue weighted by Gasteiger charge is 2.48. The lowest BCUT2D eigenvalue weighted by Crippen LogP contribution is -2.32. The molecule has 2 N–H and O–H groups in total. The second kappa shape index (κ2) is 7.93. The van der Waals surface area contributed by atoms with Crippen molar-refractivity contribution in [3.05, 3.63) is 81.4 Å². The maximum atomic E-state index is 12.7. The van der Waals surface area contributed by atoms with Gasteiger partial charge in [0.15, 0.2) is 0 Å². The Morgan fingerprint density at radius 1 is 1.03 bits per heavy atom. The molecule has 0 saturated carbocycles. The fourth-order valence-corrected chi connectivity index (χ4v) is 3.29. The van der Waals surface area contributed by atoms with Crippen molar-refractivity contribution in [1.29, 1.82) is 0 Å². The highest BCUT2D eigenvalue weighted by atomic mass is 16.6. The van der Waals surface area contributed by atoms with E-state index < -0.39 is 40.8 Å². The van der Waals surface area contributed by atoms with Crippen LogP contribution in [0.1, 0.15) is 23.6 Å². The minimum atomic E-state index is -1.28. The minimum Gasteiger partial charge on any atom is -0.507 e. The zero-order valence-corrected chi connectivity index (χ0v) is 15.0. The molecule has 0 aliphatic carbocycles. The maximum Gasteiger partial charge on any atom is 0.305 e. The third kappa shape index (κ3) is 3.70. The Balaban J connectivity index is 2.24. The number of aliphatic carboxylic acids is 1. The summed E-state index contributed by atoms with van der Waals surface area (Å²) in [5.41, 5.74) is -0.397. The standard InChI is InChI=1S/C20H16N2O7/c23-15(24)10-11-21-17(13-8-4-5-9-14(13)22(28)29)16(19(26)20(21)27)18(25)12-6-2-1-3-7-12/h1-9,17,25H,10-11H2,(H,23,24)/b18-16+. The van der Waals surface area contributed by atoms with E-state index >= 15 is 0 Å². The molecule has 148 valence electrons. The van der Waals surface area contributed by atoms with Gasteiger partial charge in [-0.3, -0.25) is 24.5 Å². The molecule has 29 heavy (non-hydrogen) atoms. The fraction of sp³-hybridized carbons (Fsp3) is 0.150. The number of rotatable bonds is 6. The smallest absolute Gasteiger partial charge is 0.305 e. The minimum absolute atomic E-state index is 0.0135. The van der Waals surface area contributed by atoms with Crippen LogP contribution in [0.15, 0.2) is 60.2 Å². The van der Waals surface area contributed by atoms with Crippen molar-refractivity contribution in [2.75, 3.05) is 6.54 Å². The van der Waals surface area contributed by atoms with E-state index in [0.29, 0.717) is 0 Å². The Labute approximate surface area is 164 Å². The SMILES string of the molecule is O=C(O)CCN1C(=O)C(=O)/C(=C(/O)c2ccccc2)C1c1ccccc1[N+](=O)[O-]. The fourth-order valence-electron chi connectivity index (χ4n) is 3.29. The van der Waals surface area contributed by atoms with Gasteiger partial charge in [0.25, 0.3) is 17.4 Å². The average Bonchev–Trinajstić information content (AvgIpc) is 2.96. The Hall–Kier alpha value is -4.01. The van der Waals surface area contributed by atoms with Crippen molar-refractivity contribution in [2.24, 2.45) is 0 Å². The third-order valence-corrected chi connectivity index (χ3v) is 4.58. The van der Waals surface area contributed by atoms with E-state index in [1.165, 1.54) is 36.4 Å². The second-order valence-corrected chi connectivity index (χ2v) is 6.32. The molecule has 1 amide bonds. The molecule has 0 radical (unpaired) electrons. The number of carbonyl (C=O) groups excluding carboxylic acids is 2. The summed E-state index contributed by atoms with van der Waals surface area (Å²) in [6.07, 6.45) is -0.463. The van der Waals surface area contributed by atoms with Crippen LogP contribution < -0.4 is 0 Å². The lowest BCUT2D eigenvalue weighted by atomic mass is 9.94. The number of carboxylic acids is 1. The Kier molecular flexibility index (Phi) is 5.40. The maximum absolute atomic E-state index is 12.7. The first kappa shape index (κ1) is 19.7. The van der Waals surface area contributed by atoms with Crippen molar-refractivity contribution < 1.29 is 29.5 Å². The van der Waals surface area contributed by atoms with Gasteiger partial charge < -0.3 is 15.1 Å². The second-order valence-electron chi connectivity index (χ2n) is 6.32. The molecule has 0 aromatic heterocycles. The molecule has 0 bridgehead atoms. The summed E-state index contributed by atoms with van der Waals surface area (Å²) in [4.78, 5) is 48.1. The lowest BCUT2D eigenvalue weighted by Gasteiger charge is -2.24. The van der Waals surface area contributed by atoms with E-state index in [1.54, 1.807) is 18.2 Å². The monoisotopic (exact) mass is 396 g/mol. The zero-order valence-electron chi connectivity index (χ0n) is 15.0. The van der Waals surface area contributed by atoms with Crippen LogP contribution in [-0.2, 0) is 14.4 Å². The molecule has 1 aliphatic heterocycles. The molecule has 1 atom stereocenters. The molecule has 1 unspecified atom stereocenters. The zero-order chi connectivity index (χ0) is 21.1. The summed E-state index contributed by atoms with van der Waals surface area (Å²) in [6.45, 7) is -0.345. The number of hydrogen-bond donors (Lipinski definition) is 2. The van der Waals surface area contributed by atoms with E-state index in [0.717, 1.165) is 4.90 Å². The van der Waals surface area contributed by atoms with E-state index in [9.17, 15) is 29.6 Å². The van der Waals surface area contributed by atoms with Crippen LogP contribution in [0.4, 0.5) is 5.69 Å². The normalized spacial score (nSPS) is 18.1. The largest absolute Gasteiger partial charge is 0.507 e. The predicted octanol–water partition coefficient (Wildman–Crippen LogP) is 2.49. The topological polar surface area (TPSA) is 138 Å². The predicted molar refractivity (Wildman–Crippen MR) is 101 cm³/mol.